The van der Waals surface area contributed by atoms with E-state index in [1.54, 1.807) is 42.5 Å². The summed E-state index contributed by atoms with van der Waals surface area (Å²) in [6.07, 6.45) is 0. The van der Waals surface area contributed by atoms with E-state index < -0.39 is 0 Å². The van der Waals surface area contributed by atoms with Crippen molar-refractivity contribution in [2.75, 3.05) is 0 Å². The second-order valence-electron chi connectivity index (χ2n) is 3.18. The third kappa shape index (κ3) is 2.72. The zero-order valence-electron chi connectivity index (χ0n) is 8.43. The highest BCUT2D eigenvalue weighted by atomic mass is 35.5. The highest BCUT2D eigenvalue weighted by Crippen LogP contribution is 2.21. The fourth-order valence-corrected chi connectivity index (χ4v) is 1.35. The molecule has 0 aliphatic rings. The summed E-state index contributed by atoms with van der Waals surface area (Å²) in [4.78, 5) is 4.10. The van der Waals surface area contributed by atoms with Gasteiger partial charge in [-0.25, -0.2) is 4.98 Å². The van der Waals surface area contributed by atoms with Crippen LogP contribution >= 0.6 is 11.6 Å². The molecule has 4 heteroatoms. The summed E-state index contributed by atoms with van der Waals surface area (Å²) < 4.78 is 5.49. The Balaban J connectivity index is 2.16. The maximum absolute atomic E-state index is 8.93. The van der Waals surface area contributed by atoms with E-state index in [2.05, 4.69) is 4.98 Å². The molecule has 1 aromatic heterocycles. The van der Waals surface area contributed by atoms with Crippen LogP contribution in [0, 0.1) is 0 Å². The first kappa shape index (κ1) is 10.9. The Morgan fingerprint density at radius 3 is 2.56 bits per heavy atom. The predicted octanol–water partition coefficient (Wildman–Crippen LogP) is 3.02. The molecule has 0 unspecified atom stereocenters. The van der Waals surface area contributed by atoms with Crippen molar-refractivity contribution >= 4 is 11.6 Å². The van der Waals surface area contributed by atoms with Gasteiger partial charge in [0.05, 0.1) is 12.3 Å². The van der Waals surface area contributed by atoms with Gasteiger partial charge in [0.15, 0.2) is 0 Å². The Bertz CT molecular complexity index is 471. The lowest BCUT2D eigenvalue weighted by molar-refractivity contribution is 0.275. The summed E-state index contributed by atoms with van der Waals surface area (Å²) in [5, 5.41) is 9.59. The van der Waals surface area contributed by atoms with Crippen molar-refractivity contribution in [1.29, 1.82) is 0 Å². The lowest BCUT2D eigenvalue weighted by Crippen LogP contribution is -1.92. The van der Waals surface area contributed by atoms with Gasteiger partial charge in [-0.1, -0.05) is 17.7 Å². The highest BCUT2D eigenvalue weighted by Gasteiger charge is 1.99. The zero-order chi connectivity index (χ0) is 11.4. The minimum atomic E-state index is -0.0994. The van der Waals surface area contributed by atoms with Gasteiger partial charge in [-0.15, -0.1) is 0 Å². The molecular formula is C12H10ClNO2. The Labute approximate surface area is 98.3 Å². The number of pyridine rings is 1. The molecular weight excluding hydrogens is 226 g/mol. The monoisotopic (exact) mass is 235 g/mol. The van der Waals surface area contributed by atoms with Crippen LogP contribution in [0.25, 0.3) is 0 Å². The molecule has 1 aromatic carbocycles. The molecule has 0 bridgehead atoms. The molecule has 0 spiro atoms. The fraction of sp³-hybridized carbons (Fsp3) is 0.0833. The molecule has 2 aromatic rings. The topological polar surface area (TPSA) is 42.4 Å². The Morgan fingerprint density at radius 2 is 1.88 bits per heavy atom. The van der Waals surface area contributed by atoms with E-state index in [1.165, 1.54) is 0 Å². The van der Waals surface area contributed by atoms with Crippen LogP contribution < -0.4 is 4.74 Å². The SMILES string of the molecule is OCc1cccc(Oc2ccc(Cl)cc2)n1. The fourth-order valence-electron chi connectivity index (χ4n) is 1.23. The van der Waals surface area contributed by atoms with Gasteiger partial charge in [-0.3, -0.25) is 0 Å². The maximum atomic E-state index is 8.93. The molecule has 0 radical (unpaired) electrons. The van der Waals surface area contributed by atoms with Crippen LogP contribution in [0.1, 0.15) is 5.69 Å². The Hall–Kier alpha value is -1.58. The smallest absolute Gasteiger partial charge is 0.219 e. The van der Waals surface area contributed by atoms with Crippen LogP contribution in [0.3, 0.4) is 0 Å². The first-order valence-electron chi connectivity index (χ1n) is 4.78. The number of ether oxygens (including phenoxy) is 1. The Morgan fingerprint density at radius 1 is 1.12 bits per heavy atom. The van der Waals surface area contributed by atoms with E-state index in [0.29, 0.717) is 22.3 Å². The number of hydrogen-bond donors (Lipinski definition) is 1. The van der Waals surface area contributed by atoms with Gasteiger partial charge in [0, 0.05) is 11.1 Å². The number of hydrogen-bond acceptors (Lipinski definition) is 3. The number of aromatic nitrogens is 1. The minimum Gasteiger partial charge on any atom is -0.439 e. The minimum absolute atomic E-state index is 0.0994. The number of aliphatic hydroxyl groups is 1. The molecule has 0 fully saturated rings. The molecule has 82 valence electrons. The van der Waals surface area contributed by atoms with Crippen LogP contribution in [-0.4, -0.2) is 10.1 Å². The molecule has 1 N–H and O–H groups in total. The van der Waals surface area contributed by atoms with E-state index in [9.17, 15) is 0 Å². The lowest BCUT2D eigenvalue weighted by atomic mass is 10.3. The van der Waals surface area contributed by atoms with Crippen LogP contribution in [0.4, 0.5) is 0 Å². The summed E-state index contributed by atoms with van der Waals surface area (Å²) in [7, 11) is 0. The van der Waals surface area contributed by atoms with Gasteiger partial charge in [-0.05, 0) is 30.3 Å². The molecule has 0 saturated heterocycles. The molecule has 0 saturated carbocycles. The first-order chi connectivity index (χ1) is 7.78. The predicted molar refractivity (Wildman–Crippen MR) is 61.7 cm³/mol. The number of rotatable bonds is 3. The summed E-state index contributed by atoms with van der Waals surface area (Å²) >= 11 is 5.76. The summed E-state index contributed by atoms with van der Waals surface area (Å²) in [6, 6.07) is 12.2. The van der Waals surface area contributed by atoms with Crippen molar-refractivity contribution in [3.05, 3.63) is 53.2 Å². The van der Waals surface area contributed by atoms with Crippen molar-refractivity contribution in [2.45, 2.75) is 6.61 Å². The van der Waals surface area contributed by atoms with Crippen molar-refractivity contribution in [3.8, 4) is 11.6 Å². The molecule has 3 nitrogen and oxygen atoms in total. The molecule has 16 heavy (non-hydrogen) atoms. The van der Waals surface area contributed by atoms with Gasteiger partial charge < -0.3 is 9.84 Å². The van der Waals surface area contributed by atoms with Crippen molar-refractivity contribution < 1.29 is 9.84 Å². The van der Waals surface area contributed by atoms with Crippen LogP contribution in [0.5, 0.6) is 11.6 Å². The van der Waals surface area contributed by atoms with Crippen molar-refractivity contribution in [3.63, 3.8) is 0 Å². The molecule has 1 heterocycles. The van der Waals surface area contributed by atoms with E-state index >= 15 is 0 Å². The van der Waals surface area contributed by atoms with E-state index in [0.717, 1.165) is 0 Å². The third-order valence-corrected chi connectivity index (χ3v) is 2.23. The summed E-state index contributed by atoms with van der Waals surface area (Å²) in [5.41, 5.74) is 0.575. The van der Waals surface area contributed by atoms with Gasteiger partial charge in [-0.2, -0.15) is 0 Å². The van der Waals surface area contributed by atoms with Crippen LogP contribution in [-0.2, 0) is 6.61 Å². The average Bonchev–Trinajstić information content (AvgIpc) is 2.32. The molecule has 2 rings (SSSR count). The number of halogens is 1. The molecule has 0 atom stereocenters. The van der Waals surface area contributed by atoms with Crippen molar-refractivity contribution in [1.82, 2.24) is 4.98 Å². The third-order valence-electron chi connectivity index (χ3n) is 1.98. The summed E-state index contributed by atoms with van der Waals surface area (Å²) in [5.74, 6) is 1.11. The molecule has 0 aliphatic heterocycles. The zero-order valence-corrected chi connectivity index (χ0v) is 9.19. The highest BCUT2D eigenvalue weighted by molar-refractivity contribution is 6.30. The largest absolute Gasteiger partial charge is 0.439 e. The quantitative estimate of drug-likeness (QED) is 0.889. The Kier molecular flexibility index (Phi) is 3.39. The lowest BCUT2D eigenvalue weighted by Gasteiger charge is -2.05. The maximum Gasteiger partial charge on any atom is 0.219 e. The first-order valence-corrected chi connectivity index (χ1v) is 5.16. The van der Waals surface area contributed by atoms with E-state index in [4.69, 9.17) is 21.4 Å². The van der Waals surface area contributed by atoms with E-state index in [-0.39, 0.29) is 6.61 Å². The van der Waals surface area contributed by atoms with Gasteiger partial charge in [0.2, 0.25) is 5.88 Å². The normalized spacial score (nSPS) is 10.1. The van der Waals surface area contributed by atoms with Gasteiger partial charge >= 0.3 is 0 Å². The molecule has 0 amide bonds. The van der Waals surface area contributed by atoms with Crippen molar-refractivity contribution in [2.24, 2.45) is 0 Å². The van der Waals surface area contributed by atoms with E-state index in [1.807, 2.05) is 0 Å². The number of benzene rings is 1. The van der Waals surface area contributed by atoms with Gasteiger partial charge in [0.1, 0.15) is 5.75 Å². The van der Waals surface area contributed by atoms with Gasteiger partial charge in [0.25, 0.3) is 0 Å². The summed E-state index contributed by atoms with van der Waals surface area (Å²) in [6.45, 7) is -0.0994. The standard InChI is InChI=1S/C12H10ClNO2/c13-9-4-6-11(7-5-9)16-12-3-1-2-10(8-15)14-12/h1-7,15H,8H2. The second-order valence-corrected chi connectivity index (χ2v) is 3.62. The van der Waals surface area contributed by atoms with Crippen LogP contribution in [0.2, 0.25) is 5.02 Å². The second kappa shape index (κ2) is 4.96. The number of aliphatic hydroxyl groups excluding tert-OH is 1. The number of nitrogens with zero attached hydrogens (tertiary/aromatic N) is 1. The molecule has 0 aliphatic carbocycles. The van der Waals surface area contributed by atoms with Crippen LogP contribution in [0.15, 0.2) is 42.5 Å². The average molecular weight is 236 g/mol.